The average molecular weight is 284 g/mol. The molecular weight excluding hydrogens is 252 g/mol. The molecule has 1 rings (SSSR count). The van der Waals surface area contributed by atoms with Gasteiger partial charge in [0.1, 0.15) is 0 Å². The van der Waals surface area contributed by atoms with E-state index >= 15 is 0 Å². The summed E-state index contributed by atoms with van der Waals surface area (Å²) in [7, 11) is 1.64. The summed E-state index contributed by atoms with van der Waals surface area (Å²) in [4.78, 5) is 11.6. The second-order valence-electron chi connectivity index (χ2n) is 6.61. The van der Waals surface area contributed by atoms with Crippen molar-refractivity contribution < 1.29 is 9.53 Å². The van der Waals surface area contributed by atoms with Crippen molar-refractivity contribution >= 4 is 5.91 Å². The molecule has 1 saturated carbocycles. The van der Waals surface area contributed by atoms with Gasteiger partial charge in [0.05, 0.1) is 13.2 Å². The zero-order valence-electron chi connectivity index (χ0n) is 13.6. The van der Waals surface area contributed by atoms with Crippen LogP contribution in [0.25, 0.3) is 0 Å². The molecule has 0 saturated heterocycles. The Kier molecular flexibility index (Phi) is 7.52. The fourth-order valence-electron chi connectivity index (χ4n) is 2.96. The Balaban J connectivity index is 2.18. The van der Waals surface area contributed by atoms with Gasteiger partial charge >= 0.3 is 0 Å². The van der Waals surface area contributed by atoms with Crippen molar-refractivity contribution in [2.45, 2.75) is 58.9 Å². The molecule has 0 spiro atoms. The number of carbonyl (C=O) groups is 1. The first-order valence-corrected chi connectivity index (χ1v) is 7.98. The summed E-state index contributed by atoms with van der Waals surface area (Å²) in [5.41, 5.74) is 0.461. The summed E-state index contributed by atoms with van der Waals surface area (Å²) < 4.78 is 4.91. The number of carbonyl (C=O) groups excluding carboxylic acids is 1. The van der Waals surface area contributed by atoms with Gasteiger partial charge in [-0.15, -0.1) is 0 Å². The maximum atomic E-state index is 11.6. The molecule has 1 aliphatic carbocycles. The van der Waals surface area contributed by atoms with Gasteiger partial charge in [-0.25, -0.2) is 0 Å². The third kappa shape index (κ3) is 5.80. The molecular formula is C16H32N2O2. The Morgan fingerprint density at radius 1 is 1.25 bits per heavy atom. The predicted octanol–water partition coefficient (Wildman–Crippen LogP) is 2.33. The van der Waals surface area contributed by atoms with E-state index in [-0.39, 0.29) is 5.91 Å². The van der Waals surface area contributed by atoms with E-state index in [0.717, 1.165) is 5.92 Å². The van der Waals surface area contributed by atoms with Crippen LogP contribution in [0, 0.1) is 11.3 Å². The van der Waals surface area contributed by atoms with Crippen LogP contribution in [0.4, 0.5) is 0 Å². The minimum absolute atomic E-state index is 0.0676. The minimum Gasteiger partial charge on any atom is -0.383 e. The first-order chi connectivity index (χ1) is 9.49. The second-order valence-corrected chi connectivity index (χ2v) is 6.61. The lowest BCUT2D eigenvalue weighted by Crippen LogP contribution is -2.42. The van der Waals surface area contributed by atoms with Crippen LogP contribution in [0.1, 0.15) is 52.9 Å². The smallest absolute Gasteiger partial charge is 0.234 e. The van der Waals surface area contributed by atoms with Gasteiger partial charge in [0, 0.05) is 19.7 Å². The minimum atomic E-state index is 0.0676. The van der Waals surface area contributed by atoms with Crippen LogP contribution in [0.2, 0.25) is 0 Å². The van der Waals surface area contributed by atoms with Crippen LogP contribution in [0.3, 0.4) is 0 Å². The Labute approximate surface area is 124 Å². The molecule has 1 amide bonds. The predicted molar refractivity (Wildman–Crippen MR) is 82.7 cm³/mol. The normalized spacial score (nSPS) is 23.6. The summed E-state index contributed by atoms with van der Waals surface area (Å²) in [6.07, 6.45) is 6.20. The number of amides is 1. The molecule has 1 aliphatic rings. The molecule has 20 heavy (non-hydrogen) atoms. The Bertz CT molecular complexity index is 284. The van der Waals surface area contributed by atoms with Crippen LogP contribution in [0.5, 0.6) is 0 Å². The standard InChI is InChI=1S/C16H32N2O2/c1-5-16(2,3)13-6-8-14(9-7-13)18-12-15(19)17-10-11-20-4/h13-14,18H,5-12H2,1-4H3,(H,17,19). The van der Waals surface area contributed by atoms with Crippen molar-refractivity contribution in [3.8, 4) is 0 Å². The lowest BCUT2D eigenvalue weighted by Gasteiger charge is -2.39. The highest BCUT2D eigenvalue weighted by atomic mass is 16.5. The molecule has 0 heterocycles. The van der Waals surface area contributed by atoms with E-state index in [1.807, 2.05) is 0 Å². The topological polar surface area (TPSA) is 50.4 Å². The second kappa shape index (κ2) is 8.63. The van der Waals surface area contributed by atoms with Gasteiger partial charge in [-0.2, -0.15) is 0 Å². The van der Waals surface area contributed by atoms with E-state index in [0.29, 0.717) is 31.2 Å². The van der Waals surface area contributed by atoms with E-state index in [4.69, 9.17) is 4.74 Å². The number of methoxy groups -OCH3 is 1. The highest BCUT2D eigenvalue weighted by molar-refractivity contribution is 5.77. The lowest BCUT2D eigenvalue weighted by atomic mass is 9.69. The number of rotatable bonds is 8. The molecule has 4 nitrogen and oxygen atoms in total. The third-order valence-corrected chi connectivity index (χ3v) is 4.92. The fraction of sp³-hybridized carbons (Fsp3) is 0.938. The molecule has 0 bridgehead atoms. The van der Waals surface area contributed by atoms with Crippen molar-refractivity contribution in [3.63, 3.8) is 0 Å². The molecule has 0 atom stereocenters. The van der Waals surface area contributed by atoms with Gasteiger partial charge < -0.3 is 15.4 Å². The van der Waals surface area contributed by atoms with E-state index in [1.54, 1.807) is 7.11 Å². The van der Waals surface area contributed by atoms with Crippen LogP contribution in [0.15, 0.2) is 0 Å². The number of hydrogen-bond donors (Lipinski definition) is 2. The Morgan fingerprint density at radius 2 is 1.90 bits per heavy atom. The fourth-order valence-corrected chi connectivity index (χ4v) is 2.96. The van der Waals surface area contributed by atoms with Gasteiger partial charge in [-0.3, -0.25) is 4.79 Å². The van der Waals surface area contributed by atoms with E-state index in [9.17, 15) is 4.79 Å². The lowest BCUT2D eigenvalue weighted by molar-refractivity contribution is -0.120. The van der Waals surface area contributed by atoms with Gasteiger partial charge in [0.15, 0.2) is 0 Å². The number of nitrogens with one attached hydrogen (secondary N) is 2. The highest BCUT2D eigenvalue weighted by Crippen LogP contribution is 2.40. The summed E-state index contributed by atoms with van der Waals surface area (Å²) >= 11 is 0. The summed E-state index contributed by atoms with van der Waals surface area (Å²) in [5.74, 6) is 0.902. The van der Waals surface area contributed by atoms with Gasteiger partial charge in [-0.05, 0) is 37.0 Å². The molecule has 0 aromatic heterocycles. The number of hydrogen-bond acceptors (Lipinski definition) is 3. The Morgan fingerprint density at radius 3 is 2.45 bits per heavy atom. The first kappa shape index (κ1) is 17.4. The van der Waals surface area contributed by atoms with Crippen molar-refractivity contribution in [2.24, 2.45) is 11.3 Å². The van der Waals surface area contributed by atoms with Crippen LogP contribution in [-0.2, 0) is 9.53 Å². The van der Waals surface area contributed by atoms with Crippen LogP contribution in [-0.4, -0.2) is 38.8 Å². The molecule has 0 radical (unpaired) electrons. The molecule has 4 heteroatoms. The molecule has 1 fully saturated rings. The van der Waals surface area contributed by atoms with E-state index < -0.39 is 0 Å². The summed E-state index contributed by atoms with van der Waals surface area (Å²) in [5, 5.41) is 6.22. The molecule has 0 aromatic rings. The largest absolute Gasteiger partial charge is 0.383 e. The summed E-state index contributed by atoms with van der Waals surface area (Å²) in [6, 6.07) is 0.507. The Hall–Kier alpha value is -0.610. The van der Waals surface area contributed by atoms with Crippen molar-refractivity contribution in [3.05, 3.63) is 0 Å². The van der Waals surface area contributed by atoms with Crippen molar-refractivity contribution in [1.82, 2.24) is 10.6 Å². The maximum absolute atomic E-state index is 11.6. The van der Waals surface area contributed by atoms with E-state index in [2.05, 4.69) is 31.4 Å². The molecule has 2 N–H and O–H groups in total. The first-order valence-electron chi connectivity index (χ1n) is 7.98. The molecule has 0 unspecified atom stereocenters. The van der Waals surface area contributed by atoms with Crippen LogP contribution < -0.4 is 10.6 Å². The zero-order chi connectivity index (χ0) is 15.0. The van der Waals surface area contributed by atoms with E-state index in [1.165, 1.54) is 32.1 Å². The number of ether oxygens (including phenoxy) is 1. The van der Waals surface area contributed by atoms with Gasteiger partial charge in [0.2, 0.25) is 5.91 Å². The summed E-state index contributed by atoms with van der Waals surface area (Å²) in [6.45, 7) is 8.64. The monoisotopic (exact) mass is 284 g/mol. The molecule has 118 valence electrons. The van der Waals surface area contributed by atoms with Gasteiger partial charge in [-0.1, -0.05) is 27.2 Å². The van der Waals surface area contributed by atoms with Crippen molar-refractivity contribution in [1.29, 1.82) is 0 Å². The molecule has 0 aliphatic heterocycles. The maximum Gasteiger partial charge on any atom is 0.234 e. The third-order valence-electron chi connectivity index (χ3n) is 4.92. The molecule has 0 aromatic carbocycles. The van der Waals surface area contributed by atoms with Gasteiger partial charge in [0.25, 0.3) is 0 Å². The zero-order valence-corrected chi connectivity index (χ0v) is 13.6. The average Bonchev–Trinajstić information content (AvgIpc) is 2.46. The quantitative estimate of drug-likeness (QED) is 0.673. The SMILES string of the molecule is CCC(C)(C)C1CCC(NCC(=O)NCCOC)CC1. The van der Waals surface area contributed by atoms with Crippen LogP contribution >= 0.6 is 0 Å². The van der Waals surface area contributed by atoms with Crippen molar-refractivity contribution in [2.75, 3.05) is 26.8 Å². The highest BCUT2D eigenvalue weighted by Gasteiger charge is 2.31.